The molecule has 1 amide bonds. The summed E-state index contributed by atoms with van der Waals surface area (Å²) < 4.78 is 0. The first-order valence-electron chi connectivity index (χ1n) is 7.59. The van der Waals surface area contributed by atoms with E-state index >= 15 is 0 Å². The van der Waals surface area contributed by atoms with Gasteiger partial charge in [0.25, 0.3) is 5.91 Å². The molecule has 2 aromatic carbocycles. The lowest BCUT2D eigenvalue weighted by Gasteiger charge is -2.39. The molecule has 21 heavy (non-hydrogen) atoms. The second-order valence-electron chi connectivity index (χ2n) is 6.63. The van der Waals surface area contributed by atoms with Gasteiger partial charge in [0, 0.05) is 23.2 Å². The minimum absolute atomic E-state index is 0.102. The van der Waals surface area contributed by atoms with Gasteiger partial charge < -0.3 is 4.90 Å². The molecule has 1 unspecified atom stereocenters. The summed E-state index contributed by atoms with van der Waals surface area (Å²) in [5.41, 5.74) is 5.91. The standard InChI is InChI=1S/C19H19NO/c1-13-6-8-15(9-7-13)20-12-19(2)11-10-14-4-3-5-16(17(14)19)18(20)21/h3-9H,10-12H2,1-2H3. The van der Waals surface area contributed by atoms with Crippen molar-refractivity contribution < 1.29 is 4.79 Å². The van der Waals surface area contributed by atoms with Gasteiger partial charge >= 0.3 is 0 Å². The van der Waals surface area contributed by atoms with Crippen molar-refractivity contribution in [3.8, 4) is 0 Å². The zero-order valence-electron chi connectivity index (χ0n) is 12.5. The third kappa shape index (κ3) is 1.75. The molecule has 0 fully saturated rings. The number of hydrogen-bond acceptors (Lipinski definition) is 1. The molecule has 1 aliphatic heterocycles. The molecule has 2 aromatic rings. The summed E-state index contributed by atoms with van der Waals surface area (Å²) in [6, 6.07) is 14.5. The molecule has 106 valence electrons. The zero-order chi connectivity index (χ0) is 14.6. The minimum Gasteiger partial charge on any atom is -0.307 e. The van der Waals surface area contributed by atoms with E-state index in [0.717, 1.165) is 30.6 Å². The SMILES string of the molecule is Cc1ccc(N2CC3(C)CCc4cccc(c43)C2=O)cc1. The fourth-order valence-electron chi connectivity index (χ4n) is 3.89. The number of amides is 1. The van der Waals surface area contributed by atoms with Gasteiger partial charge in [-0.15, -0.1) is 0 Å². The van der Waals surface area contributed by atoms with Crippen molar-refractivity contribution in [3.05, 3.63) is 64.7 Å². The average Bonchev–Trinajstić information content (AvgIpc) is 2.83. The van der Waals surface area contributed by atoms with Gasteiger partial charge in [-0.2, -0.15) is 0 Å². The van der Waals surface area contributed by atoms with Crippen molar-refractivity contribution in [2.24, 2.45) is 0 Å². The molecule has 0 radical (unpaired) electrons. The third-order valence-corrected chi connectivity index (χ3v) is 5.03. The molecule has 0 saturated heterocycles. The number of aryl methyl sites for hydroxylation is 2. The van der Waals surface area contributed by atoms with Gasteiger partial charge in [0.15, 0.2) is 0 Å². The van der Waals surface area contributed by atoms with Crippen LogP contribution >= 0.6 is 0 Å². The fraction of sp³-hybridized carbons (Fsp3) is 0.316. The molecule has 1 heterocycles. The van der Waals surface area contributed by atoms with E-state index in [1.54, 1.807) is 0 Å². The molecular formula is C19H19NO. The Hall–Kier alpha value is -2.09. The Morgan fingerprint density at radius 2 is 1.86 bits per heavy atom. The molecule has 0 N–H and O–H groups in total. The summed E-state index contributed by atoms with van der Waals surface area (Å²) in [7, 11) is 0. The first kappa shape index (κ1) is 12.6. The number of nitrogens with zero attached hydrogens (tertiary/aromatic N) is 1. The Labute approximate surface area is 125 Å². The van der Waals surface area contributed by atoms with Crippen LogP contribution in [0.15, 0.2) is 42.5 Å². The van der Waals surface area contributed by atoms with Gasteiger partial charge in [-0.1, -0.05) is 36.8 Å². The fourth-order valence-corrected chi connectivity index (χ4v) is 3.89. The van der Waals surface area contributed by atoms with Crippen molar-refractivity contribution in [1.29, 1.82) is 0 Å². The van der Waals surface area contributed by atoms with E-state index in [0.29, 0.717) is 0 Å². The van der Waals surface area contributed by atoms with Crippen LogP contribution < -0.4 is 4.90 Å². The Kier molecular flexibility index (Phi) is 2.53. The van der Waals surface area contributed by atoms with E-state index in [1.165, 1.54) is 16.7 Å². The molecule has 0 spiro atoms. The van der Waals surface area contributed by atoms with Crippen LogP contribution in [0.3, 0.4) is 0 Å². The van der Waals surface area contributed by atoms with Crippen LogP contribution in [0, 0.1) is 6.92 Å². The zero-order valence-corrected chi connectivity index (χ0v) is 12.5. The molecule has 2 aliphatic rings. The molecule has 1 aliphatic carbocycles. The Morgan fingerprint density at radius 1 is 1.10 bits per heavy atom. The Balaban J connectivity index is 1.85. The van der Waals surface area contributed by atoms with Crippen LogP contribution in [-0.4, -0.2) is 12.5 Å². The summed E-state index contributed by atoms with van der Waals surface area (Å²) in [5.74, 6) is 0.148. The molecule has 4 rings (SSSR count). The Bertz CT molecular complexity index is 732. The van der Waals surface area contributed by atoms with Gasteiger partial charge in [0.1, 0.15) is 0 Å². The lowest BCUT2D eigenvalue weighted by atomic mass is 9.77. The number of anilines is 1. The van der Waals surface area contributed by atoms with Crippen LogP contribution in [0.25, 0.3) is 0 Å². The average molecular weight is 277 g/mol. The maximum atomic E-state index is 12.9. The topological polar surface area (TPSA) is 20.3 Å². The quantitative estimate of drug-likeness (QED) is 0.775. The van der Waals surface area contributed by atoms with E-state index in [-0.39, 0.29) is 11.3 Å². The van der Waals surface area contributed by atoms with Gasteiger partial charge in [0.05, 0.1) is 0 Å². The van der Waals surface area contributed by atoms with Gasteiger partial charge in [-0.3, -0.25) is 4.79 Å². The van der Waals surface area contributed by atoms with Gasteiger partial charge in [0.2, 0.25) is 0 Å². The highest BCUT2D eigenvalue weighted by Gasteiger charge is 2.44. The van der Waals surface area contributed by atoms with Crippen LogP contribution in [0.2, 0.25) is 0 Å². The molecule has 0 saturated carbocycles. The first-order valence-corrected chi connectivity index (χ1v) is 7.59. The van der Waals surface area contributed by atoms with Crippen molar-refractivity contribution >= 4 is 11.6 Å². The summed E-state index contributed by atoms with van der Waals surface area (Å²) in [4.78, 5) is 14.9. The summed E-state index contributed by atoms with van der Waals surface area (Å²) in [6.45, 7) is 5.16. The van der Waals surface area contributed by atoms with Crippen LogP contribution in [0.1, 0.15) is 40.4 Å². The highest BCUT2D eigenvalue weighted by Crippen LogP contribution is 2.45. The van der Waals surface area contributed by atoms with E-state index in [1.807, 2.05) is 17.0 Å². The molecular weight excluding hydrogens is 258 g/mol. The molecule has 2 nitrogen and oxygen atoms in total. The van der Waals surface area contributed by atoms with Crippen molar-refractivity contribution in [2.75, 3.05) is 11.4 Å². The highest BCUT2D eigenvalue weighted by atomic mass is 16.2. The maximum absolute atomic E-state index is 12.9. The maximum Gasteiger partial charge on any atom is 0.258 e. The normalized spacial score (nSPS) is 23.3. The number of carbonyl (C=O) groups excluding carboxylic acids is 1. The lowest BCUT2D eigenvalue weighted by Crippen LogP contribution is -2.47. The van der Waals surface area contributed by atoms with Crippen LogP contribution in [0.5, 0.6) is 0 Å². The van der Waals surface area contributed by atoms with E-state index in [2.05, 4.69) is 44.2 Å². The first-order chi connectivity index (χ1) is 10.1. The monoisotopic (exact) mass is 277 g/mol. The number of hydrogen-bond donors (Lipinski definition) is 0. The smallest absolute Gasteiger partial charge is 0.258 e. The Morgan fingerprint density at radius 3 is 2.62 bits per heavy atom. The highest BCUT2D eigenvalue weighted by molar-refractivity contribution is 6.09. The summed E-state index contributed by atoms with van der Waals surface area (Å²) in [6.07, 6.45) is 2.23. The number of carbonyl (C=O) groups is 1. The van der Waals surface area contributed by atoms with Gasteiger partial charge in [-0.25, -0.2) is 0 Å². The summed E-state index contributed by atoms with van der Waals surface area (Å²) >= 11 is 0. The molecule has 2 heteroatoms. The minimum atomic E-state index is 0.102. The predicted molar refractivity (Wildman–Crippen MR) is 85.0 cm³/mol. The molecule has 0 bridgehead atoms. The van der Waals surface area contributed by atoms with E-state index in [9.17, 15) is 4.79 Å². The second-order valence-corrected chi connectivity index (χ2v) is 6.63. The summed E-state index contributed by atoms with van der Waals surface area (Å²) in [5, 5.41) is 0. The largest absolute Gasteiger partial charge is 0.307 e. The van der Waals surface area contributed by atoms with E-state index < -0.39 is 0 Å². The predicted octanol–water partition coefficient (Wildman–Crippen LogP) is 3.86. The van der Waals surface area contributed by atoms with Crippen molar-refractivity contribution in [1.82, 2.24) is 0 Å². The van der Waals surface area contributed by atoms with Crippen LogP contribution in [-0.2, 0) is 11.8 Å². The van der Waals surface area contributed by atoms with Crippen molar-refractivity contribution in [3.63, 3.8) is 0 Å². The van der Waals surface area contributed by atoms with E-state index in [4.69, 9.17) is 0 Å². The molecule has 0 aromatic heterocycles. The van der Waals surface area contributed by atoms with Crippen molar-refractivity contribution in [2.45, 2.75) is 32.1 Å². The third-order valence-electron chi connectivity index (χ3n) is 5.03. The van der Waals surface area contributed by atoms with Gasteiger partial charge in [-0.05, 0) is 49.1 Å². The lowest BCUT2D eigenvalue weighted by molar-refractivity contribution is 0.0968. The number of rotatable bonds is 1. The molecule has 1 atom stereocenters. The number of benzene rings is 2. The van der Waals surface area contributed by atoms with Crippen LogP contribution in [0.4, 0.5) is 5.69 Å². The second kappa shape index (κ2) is 4.20.